The van der Waals surface area contributed by atoms with E-state index in [1.54, 1.807) is 18.5 Å². The van der Waals surface area contributed by atoms with Crippen molar-refractivity contribution in [2.24, 2.45) is 5.92 Å². The van der Waals surface area contributed by atoms with Crippen LogP contribution >= 0.6 is 11.6 Å². The molecule has 0 aliphatic carbocycles. The van der Waals surface area contributed by atoms with Crippen molar-refractivity contribution in [3.05, 3.63) is 46.9 Å². The minimum absolute atomic E-state index is 0.00278. The van der Waals surface area contributed by atoms with Crippen molar-refractivity contribution in [2.75, 3.05) is 11.9 Å². The van der Waals surface area contributed by atoms with E-state index in [0.29, 0.717) is 22.3 Å². The van der Waals surface area contributed by atoms with Crippen molar-refractivity contribution in [3.8, 4) is 0 Å². The molecule has 2 atom stereocenters. The molecule has 1 fully saturated rings. The zero-order valence-corrected chi connectivity index (χ0v) is 15.5. The van der Waals surface area contributed by atoms with Crippen LogP contribution in [0.3, 0.4) is 0 Å². The van der Waals surface area contributed by atoms with Gasteiger partial charge in [-0.2, -0.15) is 0 Å². The molecule has 0 bridgehead atoms. The Labute approximate surface area is 153 Å². The number of aryl methyl sites for hydroxylation is 1. The molecule has 0 radical (unpaired) electrons. The van der Waals surface area contributed by atoms with E-state index in [2.05, 4.69) is 29.1 Å². The molecule has 3 heterocycles. The largest absolute Gasteiger partial charge is 0.338 e. The van der Waals surface area contributed by atoms with Crippen LogP contribution in [-0.2, 0) is 0 Å². The second kappa shape index (κ2) is 7.40. The van der Waals surface area contributed by atoms with Gasteiger partial charge in [-0.3, -0.25) is 9.78 Å². The second-order valence-corrected chi connectivity index (χ2v) is 7.13. The Hall–Kier alpha value is -2.14. The normalized spacial score (nSPS) is 20.4. The molecule has 1 N–H and O–H groups in total. The fourth-order valence-electron chi connectivity index (χ4n) is 3.11. The third-order valence-corrected chi connectivity index (χ3v) is 5.18. The summed E-state index contributed by atoms with van der Waals surface area (Å²) in [4.78, 5) is 23.3. The number of nitrogens with zero attached hydrogens (tertiary/aromatic N) is 3. The van der Waals surface area contributed by atoms with Crippen LogP contribution in [0.4, 0.5) is 11.5 Å². The van der Waals surface area contributed by atoms with Crippen LogP contribution in [0.25, 0.3) is 0 Å². The summed E-state index contributed by atoms with van der Waals surface area (Å²) in [6, 6.07) is 5.74. The summed E-state index contributed by atoms with van der Waals surface area (Å²) < 4.78 is 0. The number of hydrogen-bond donors (Lipinski definition) is 1. The maximum absolute atomic E-state index is 12.8. The van der Waals surface area contributed by atoms with E-state index in [4.69, 9.17) is 11.6 Å². The van der Waals surface area contributed by atoms with Gasteiger partial charge in [0.15, 0.2) is 0 Å². The highest BCUT2D eigenvalue weighted by Crippen LogP contribution is 2.27. The van der Waals surface area contributed by atoms with E-state index in [0.717, 1.165) is 30.8 Å². The van der Waals surface area contributed by atoms with Gasteiger partial charge in [0.25, 0.3) is 5.91 Å². The van der Waals surface area contributed by atoms with Gasteiger partial charge in [-0.15, -0.1) is 0 Å². The monoisotopic (exact) mass is 358 g/mol. The van der Waals surface area contributed by atoms with Crippen molar-refractivity contribution in [1.82, 2.24) is 14.9 Å². The Kier molecular flexibility index (Phi) is 5.23. The SMILES string of the molecule is Cc1ccc(Nc2ncc(C(=O)N3CCCC(C)C3C)cc2Cl)cn1. The average molecular weight is 359 g/mol. The highest BCUT2D eigenvalue weighted by Gasteiger charge is 2.29. The maximum Gasteiger partial charge on any atom is 0.255 e. The van der Waals surface area contributed by atoms with Crippen LogP contribution in [0.1, 0.15) is 42.7 Å². The molecule has 0 aromatic carbocycles. The quantitative estimate of drug-likeness (QED) is 0.881. The summed E-state index contributed by atoms with van der Waals surface area (Å²) in [7, 11) is 0. The molecule has 1 aliphatic rings. The number of amides is 1. The van der Waals surface area contributed by atoms with Crippen molar-refractivity contribution < 1.29 is 4.79 Å². The topological polar surface area (TPSA) is 58.1 Å². The Bertz CT molecular complexity index is 763. The molecule has 6 heteroatoms. The van der Waals surface area contributed by atoms with Crippen molar-refractivity contribution >= 4 is 29.0 Å². The zero-order valence-electron chi connectivity index (χ0n) is 14.8. The first-order valence-electron chi connectivity index (χ1n) is 8.62. The minimum atomic E-state index is -0.00278. The number of rotatable bonds is 3. The Balaban J connectivity index is 1.77. The first-order valence-corrected chi connectivity index (χ1v) is 8.99. The lowest BCUT2D eigenvalue weighted by Crippen LogP contribution is -2.46. The van der Waals surface area contributed by atoms with E-state index in [1.807, 2.05) is 24.0 Å². The van der Waals surface area contributed by atoms with Crippen LogP contribution in [-0.4, -0.2) is 33.4 Å². The number of likely N-dealkylation sites (tertiary alicyclic amines) is 1. The molecule has 3 rings (SSSR count). The van der Waals surface area contributed by atoms with Crippen LogP contribution < -0.4 is 5.32 Å². The lowest BCUT2D eigenvalue weighted by Gasteiger charge is -2.38. The van der Waals surface area contributed by atoms with E-state index in [1.165, 1.54) is 0 Å². The van der Waals surface area contributed by atoms with Crippen LogP contribution in [0, 0.1) is 12.8 Å². The van der Waals surface area contributed by atoms with Crippen LogP contribution in [0.5, 0.6) is 0 Å². The molecule has 2 unspecified atom stereocenters. The number of pyridine rings is 2. The van der Waals surface area contributed by atoms with Crippen molar-refractivity contribution in [1.29, 1.82) is 0 Å². The second-order valence-electron chi connectivity index (χ2n) is 6.73. The number of nitrogens with one attached hydrogen (secondary N) is 1. The molecule has 25 heavy (non-hydrogen) atoms. The van der Waals surface area contributed by atoms with Crippen molar-refractivity contribution in [3.63, 3.8) is 0 Å². The Morgan fingerprint density at radius 1 is 1.28 bits per heavy atom. The first kappa shape index (κ1) is 17.7. The molecular formula is C19H23ClN4O. The first-order chi connectivity index (χ1) is 12.0. The number of piperidine rings is 1. The van der Waals surface area contributed by atoms with Gasteiger partial charge < -0.3 is 10.2 Å². The van der Waals surface area contributed by atoms with Gasteiger partial charge >= 0.3 is 0 Å². The lowest BCUT2D eigenvalue weighted by molar-refractivity contribution is 0.0550. The molecule has 1 saturated heterocycles. The number of anilines is 2. The molecule has 5 nitrogen and oxygen atoms in total. The molecule has 0 spiro atoms. The van der Waals surface area contributed by atoms with E-state index in [9.17, 15) is 4.79 Å². The fraction of sp³-hybridized carbons (Fsp3) is 0.421. The summed E-state index contributed by atoms with van der Waals surface area (Å²) in [6.07, 6.45) is 5.52. The fourth-order valence-corrected chi connectivity index (χ4v) is 3.33. The molecule has 1 aliphatic heterocycles. The molecule has 2 aromatic rings. The molecule has 0 saturated carbocycles. The van der Waals surface area contributed by atoms with Gasteiger partial charge in [0.05, 0.1) is 22.5 Å². The predicted molar refractivity (Wildman–Crippen MR) is 100 cm³/mol. The number of halogens is 1. The standard InChI is InChI=1S/C19H23ClN4O/c1-12-5-4-8-24(14(12)3)19(25)15-9-17(20)18(22-10-15)23-16-7-6-13(2)21-11-16/h6-7,9-12,14H,4-5,8H2,1-3H3,(H,22,23). The van der Waals surface area contributed by atoms with Gasteiger partial charge in [-0.1, -0.05) is 18.5 Å². The highest BCUT2D eigenvalue weighted by atomic mass is 35.5. The maximum atomic E-state index is 12.8. The van der Waals surface area contributed by atoms with E-state index in [-0.39, 0.29) is 11.9 Å². The van der Waals surface area contributed by atoms with Gasteiger partial charge in [0.2, 0.25) is 0 Å². The van der Waals surface area contributed by atoms with Gasteiger partial charge in [-0.05, 0) is 50.8 Å². The number of hydrogen-bond acceptors (Lipinski definition) is 4. The van der Waals surface area contributed by atoms with E-state index >= 15 is 0 Å². The molecule has 132 valence electrons. The van der Waals surface area contributed by atoms with Gasteiger partial charge in [-0.25, -0.2) is 4.98 Å². The van der Waals surface area contributed by atoms with Crippen LogP contribution in [0.2, 0.25) is 5.02 Å². The minimum Gasteiger partial charge on any atom is -0.338 e. The number of aromatic nitrogens is 2. The summed E-state index contributed by atoms with van der Waals surface area (Å²) in [5.41, 5.74) is 2.27. The molecular weight excluding hydrogens is 336 g/mol. The summed E-state index contributed by atoms with van der Waals surface area (Å²) >= 11 is 6.34. The molecule has 1 amide bonds. The third kappa shape index (κ3) is 3.93. The number of carbonyl (C=O) groups excluding carboxylic acids is 1. The summed E-state index contributed by atoms with van der Waals surface area (Å²) in [6.45, 7) is 7.02. The zero-order chi connectivity index (χ0) is 18.0. The highest BCUT2D eigenvalue weighted by molar-refractivity contribution is 6.33. The predicted octanol–water partition coefficient (Wildman–Crippen LogP) is 4.44. The van der Waals surface area contributed by atoms with Crippen molar-refractivity contribution in [2.45, 2.75) is 39.7 Å². The summed E-state index contributed by atoms with van der Waals surface area (Å²) in [5, 5.41) is 3.55. The Morgan fingerprint density at radius 3 is 2.76 bits per heavy atom. The van der Waals surface area contributed by atoms with Crippen LogP contribution in [0.15, 0.2) is 30.6 Å². The van der Waals surface area contributed by atoms with E-state index < -0.39 is 0 Å². The number of carbonyl (C=O) groups is 1. The summed E-state index contributed by atoms with van der Waals surface area (Å²) in [5.74, 6) is 1.03. The Morgan fingerprint density at radius 2 is 2.08 bits per heavy atom. The molecule has 2 aromatic heterocycles. The van der Waals surface area contributed by atoms with Gasteiger partial charge in [0, 0.05) is 24.5 Å². The lowest BCUT2D eigenvalue weighted by atomic mass is 9.91. The van der Waals surface area contributed by atoms with Gasteiger partial charge in [0.1, 0.15) is 5.82 Å². The smallest absolute Gasteiger partial charge is 0.255 e. The third-order valence-electron chi connectivity index (χ3n) is 4.90. The average Bonchev–Trinajstić information content (AvgIpc) is 2.60.